The molecule has 1 fully saturated rings. The third-order valence-electron chi connectivity index (χ3n) is 6.85. The highest BCUT2D eigenvalue weighted by Crippen LogP contribution is 2.55. The van der Waals surface area contributed by atoms with E-state index >= 15 is 0 Å². The number of aromatic nitrogens is 4. The van der Waals surface area contributed by atoms with Gasteiger partial charge in [0.15, 0.2) is 11.4 Å². The van der Waals surface area contributed by atoms with Crippen molar-refractivity contribution < 1.29 is 70.1 Å². The Labute approximate surface area is 254 Å². The number of halogens is 13. The first-order valence-electron chi connectivity index (χ1n) is 12.3. The summed E-state index contributed by atoms with van der Waals surface area (Å²) >= 11 is 6.10. The van der Waals surface area contributed by atoms with Crippen LogP contribution in [0.3, 0.4) is 0 Å². The molecule has 0 N–H and O–H groups in total. The smallest absolute Gasteiger partial charge is 0.355 e. The third-order valence-corrected chi connectivity index (χ3v) is 8.48. The fourth-order valence-electron chi connectivity index (χ4n) is 4.19. The third kappa shape index (κ3) is 5.79. The van der Waals surface area contributed by atoms with Crippen LogP contribution in [-0.4, -0.2) is 80.3 Å². The first-order chi connectivity index (χ1) is 20.8. The van der Waals surface area contributed by atoms with E-state index in [1.165, 1.54) is 11.1 Å². The van der Waals surface area contributed by atoms with Gasteiger partial charge in [0.1, 0.15) is 5.17 Å². The monoisotopic (exact) mass is 724 g/mol. The molecule has 24 heteroatoms. The Morgan fingerprint density at radius 3 is 2.13 bits per heavy atom. The Kier molecular flexibility index (Phi) is 8.49. The van der Waals surface area contributed by atoms with Crippen LogP contribution in [0.2, 0.25) is 0 Å². The maximum Gasteiger partial charge on any atom is 0.460 e. The molecule has 0 bridgehead atoms. The molecule has 0 aromatic carbocycles. The molecule has 1 atom stereocenters. The van der Waals surface area contributed by atoms with E-state index in [0.29, 0.717) is 11.7 Å². The first kappa shape index (κ1) is 35.4. The fraction of sp³-hybridized carbons (Fsp3) is 0.545. The molecule has 2 aliphatic rings. The van der Waals surface area contributed by atoms with Gasteiger partial charge in [-0.05, 0) is 24.8 Å². The van der Waals surface area contributed by atoms with E-state index in [4.69, 9.17) is 11.6 Å². The Hall–Kier alpha value is -3.50. The topological polar surface area (TPSA) is 112 Å². The molecule has 10 nitrogen and oxygen atoms in total. The number of carbonyl (C=O) groups excluding carboxylic acids is 1. The van der Waals surface area contributed by atoms with Crippen LogP contribution >= 0.6 is 11.6 Å². The highest BCUT2D eigenvalue weighted by Gasteiger charge is 2.86. The van der Waals surface area contributed by atoms with Gasteiger partial charge < -0.3 is 9.08 Å². The normalized spacial score (nSPS) is 18.7. The zero-order chi connectivity index (χ0) is 35.0. The summed E-state index contributed by atoms with van der Waals surface area (Å²) in [7, 11) is -5.58. The predicted octanol–water partition coefficient (Wildman–Crippen LogP) is 5.38. The van der Waals surface area contributed by atoms with Gasteiger partial charge in [0, 0.05) is 38.1 Å². The van der Waals surface area contributed by atoms with Crippen molar-refractivity contribution >= 4 is 38.4 Å². The molecular weight excluding hydrogens is 708 g/mol. The lowest BCUT2D eigenvalue weighted by molar-refractivity contribution is -0.382. The SMILES string of the molecule is CN(C(=O)C1CC(c2cnn(-c3c(C(F)(F)F)c(OS(=O)(=O)C(F)(F)C(F)(F)C(F)(F)C(F)(F)F)nn3C)c2)=CN=C1Cl)C1CC1. The van der Waals surface area contributed by atoms with Crippen LogP contribution in [0.4, 0.5) is 52.7 Å². The number of carbonyl (C=O) groups is 1. The lowest BCUT2D eigenvalue weighted by Crippen LogP contribution is -2.63. The van der Waals surface area contributed by atoms with E-state index < -0.39 is 68.7 Å². The minimum absolute atomic E-state index is 0.00441. The van der Waals surface area contributed by atoms with Crippen molar-refractivity contribution in [2.24, 2.45) is 18.0 Å². The van der Waals surface area contributed by atoms with Gasteiger partial charge in [-0.15, -0.1) is 5.10 Å². The van der Waals surface area contributed by atoms with E-state index in [0.717, 1.165) is 25.2 Å². The molecule has 1 amide bonds. The maximum absolute atomic E-state index is 14.1. The second-order valence-electron chi connectivity index (χ2n) is 10.0. The first-order valence-corrected chi connectivity index (χ1v) is 14.1. The second-order valence-corrected chi connectivity index (χ2v) is 12.0. The molecular formula is C22H17ClF12N6O4S. The predicted molar refractivity (Wildman–Crippen MR) is 131 cm³/mol. The summed E-state index contributed by atoms with van der Waals surface area (Å²) in [5.41, 5.74) is -2.17. The Morgan fingerprint density at radius 2 is 1.61 bits per heavy atom. The summed E-state index contributed by atoms with van der Waals surface area (Å²) in [6, 6.07) is -0.00719. The van der Waals surface area contributed by atoms with Gasteiger partial charge >= 0.3 is 39.6 Å². The summed E-state index contributed by atoms with van der Waals surface area (Å²) in [5.74, 6) is -20.6. The molecule has 4 rings (SSSR count). The van der Waals surface area contributed by atoms with Crippen molar-refractivity contribution in [3.05, 3.63) is 29.7 Å². The van der Waals surface area contributed by atoms with Crippen molar-refractivity contribution in [3.63, 3.8) is 0 Å². The molecule has 2 aromatic rings. The van der Waals surface area contributed by atoms with Crippen LogP contribution in [0, 0.1) is 5.92 Å². The molecule has 1 saturated carbocycles. The molecule has 46 heavy (non-hydrogen) atoms. The van der Waals surface area contributed by atoms with Crippen LogP contribution in [0.1, 0.15) is 30.4 Å². The minimum Gasteiger partial charge on any atom is -0.355 e. The van der Waals surface area contributed by atoms with Gasteiger partial charge in [-0.1, -0.05) is 11.6 Å². The molecule has 2 aromatic heterocycles. The molecule has 0 saturated heterocycles. The zero-order valence-electron chi connectivity index (χ0n) is 22.6. The lowest BCUT2D eigenvalue weighted by atomic mass is 9.94. The average Bonchev–Trinajstić information content (AvgIpc) is 3.56. The number of nitrogens with zero attached hydrogens (tertiary/aromatic N) is 6. The number of amides is 1. The van der Waals surface area contributed by atoms with Gasteiger partial charge in [0.25, 0.3) is 5.88 Å². The summed E-state index contributed by atoms with van der Waals surface area (Å²) in [4.78, 5) is 18.2. The van der Waals surface area contributed by atoms with Crippen molar-refractivity contribution in [2.45, 2.75) is 54.8 Å². The van der Waals surface area contributed by atoms with Crippen LogP contribution in [0.25, 0.3) is 11.4 Å². The summed E-state index contributed by atoms with van der Waals surface area (Å²) in [6.45, 7) is 0. The summed E-state index contributed by atoms with van der Waals surface area (Å²) in [5, 5.41) is -0.981. The largest absolute Gasteiger partial charge is 0.460 e. The van der Waals surface area contributed by atoms with E-state index in [1.54, 1.807) is 7.05 Å². The fourth-order valence-corrected chi connectivity index (χ4v) is 5.28. The second kappa shape index (κ2) is 11.0. The number of allylic oxidation sites excluding steroid dienone is 1. The van der Waals surface area contributed by atoms with Crippen LogP contribution in [0.5, 0.6) is 5.88 Å². The number of rotatable bonds is 9. The maximum atomic E-state index is 14.1. The lowest BCUT2D eigenvalue weighted by Gasteiger charge is -2.32. The quantitative estimate of drug-likeness (QED) is 0.254. The van der Waals surface area contributed by atoms with Crippen LogP contribution in [-0.2, 0) is 28.1 Å². The van der Waals surface area contributed by atoms with Crippen molar-refractivity contribution in [1.82, 2.24) is 24.5 Å². The number of aliphatic imine (C=N–C) groups is 1. The Morgan fingerprint density at radius 1 is 1.02 bits per heavy atom. The zero-order valence-corrected chi connectivity index (χ0v) is 24.2. The Bertz CT molecular complexity index is 1710. The highest BCUT2D eigenvalue weighted by molar-refractivity contribution is 7.88. The molecule has 1 unspecified atom stereocenters. The Balaban J connectivity index is 1.71. The van der Waals surface area contributed by atoms with Gasteiger partial charge in [0.2, 0.25) is 5.91 Å². The number of alkyl halides is 12. The molecule has 0 radical (unpaired) electrons. The van der Waals surface area contributed by atoms with Gasteiger partial charge in [-0.25, -0.2) is 14.4 Å². The number of aryl methyl sites for hydroxylation is 1. The van der Waals surface area contributed by atoms with Gasteiger partial charge in [-0.3, -0.25) is 4.79 Å². The molecule has 256 valence electrons. The van der Waals surface area contributed by atoms with Crippen LogP contribution < -0.4 is 4.18 Å². The molecule has 0 spiro atoms. The minimum atomic E-state index is -7.77. The van der Waals surface area contributed by atoms with Gasteiger partial charge in [-0.2, -0.15) is 66.2 Å². The highest BCUT2D eigenvalue weighted by atomic mass is 35.5. The molecule has 3 heterocycles. The average molecular weight is 725 g/mol. The van der Waals surface area contributed by atoms with E-state index in [-0.39, 0.29) is 33.5 Å². The number of hydrogen-bond acceptors (Lipinski definition) is 7. The summed E-state index contributed by atoms with van der Waals surface area (Å²) < 4.78 is 189. The number of hydrogen-bond donors (Lipinski definition) is 0. The van der Waals surface area contributed by atoms with Crippen LogP contribution in [0.15, 0.2) is 23.6 Å². The van der Waals surface area contributed by atoms with E-state index in [9.17, 15) is 65.9 Å². The molecule has 1 aliphatic heterocycles. The van der Waals surface area contributed by atoms with Gasteiger partial charge in [0.05, 0.1) is 12.1 Å². The van der Waals surface area contributed by atoms with Crippen molar-refractivity contribution in [3.8, 4) is 11.7 Å². The van der Waals surface area contributed by atoms with E-state index in [1.807, 2.05) is 0 Å². The molecule has 1 aliphatic carbocycles. The van der Waals surface area contributed by atoms with E-state index in [2.05, 4.69) is 19.4 Å². The summed E-state index contributed by atoms with van der Waals surface area (Å²) in [6.07, 6.45) is -8.88. The standard InChI is InChI=1S/C22H17ClF12N6O4S/c1-39(11-3-4-11)17(42)12-5-9(6-36-14(12)23)10-7-37-41(8-10)16-13(18(24,25)26)15(38-40(16)2)45-46(43,44)22(34,35)20(29,30)19(27,28)21(31,32)33/h6-8,11-12H,3-5H2,1-2H3. The van der Waals surface area contributed by atoms with Crippen molar-refractivity contribution in [1.29, 1.82) is 0 Å². The van der Waals surface area contributed by atoms with Crippen molar-refractivity contribution in [2.75, 3.05) is 7.05 Å².